The number of aryl methyl sites for hydroxylation is 1. The third kappa shape index (κ3) is 3.51. The number of benzene rings is 2. The molecule has 0 heterocycles. The van der Waals surface area contributed by atoms with E-state index in [-0.39, 0.29) is 22.8 Å². The van der Waals surface area contributed by atoms with E-state index in [9.17, 15) is 14.3 Å². The van der Waals surface area contributed by atoms with Gasteiger partial charge in [-0.2, -0.15) is 0 Å². The second-order valence-electron chi connectivity index (χ2n) is 7.50. The maximum absolute atomic E-state index is 13.2. The first-order chi connectivity index (χ1) is 11.8. The lowest BCUT2D eigenvalue weighted by Gasteiger charge is -2.30. The zero-order valence-corrected chi connectivity index (χ0v) is 14.9. The van der Waals surface area contributed by atoms with Crippen molar-refractivity contribution < 1.29 is 14.3 Å². The maximum atomic E-state index is 13.2. The van der Waals surface area contributed by atoms with Crippen LogP contribution in [0.3, 0.4) is 0 Å². The summed E-state index contributed by atoms with van der Waals surface area (Å²) >= 11 is 0. The number of carbonyl (C=O) groups excluding carboxylic acids is 1. The summed E-state index contributed by atoms with van der Waals surface area (Å²) in [5.74, 6) is -0.119. The molecule has 1 aliphatic carbocycles. The maximum Gasteiger partial charge on any atom is 0.167 e. The van der Waals surface area contributed by atoms with Crippen LogP contribution >= 0.6 is 0 Å². The molecule has 1 N–H and O–H groups in total. The SMILES string of the molecule is CCc1ccc(-c2ccc(F)cc2)cc1C1=C(O)CC(C)(C)CC1=O. The molecular weight excluding hydrogens is 315 g/mol. The highest BCUT2D eigenvalue weighted by atomic mass is 19.1. The molecule has 0 amide bonds. The molecular formula is C22H23FO2. The fourth-order valence-corrected chi connectivity index (χ4v) is 3.53. The first-order valence-electron chi connectivity index (χ1n) is 8.65. The number of hydrogen-bond acceptors (Lipinski definition) is 2. The number of ketones is 1. The zero-order valence-electron chi connectivity index (χ0n) is 14.9. The molecule has 3 heteroatoms. The predicted octanol–water partition coefficient (Wildman–Crippen LogP) is 5.71. The Hall–Kier alpha value is -2.42. The van der Waals surface area contributed by atoms with Gasteiger partial charge in [0.25, 0.3) is 0 Å². The highest BCUT2D eigenvalue weighted by Crippen LogP contribution is 2.41. The third-order valence-corrected chi connectivity index (χ3v) is 4.79. The highest BCUT2D eigenvalue weighted by Gasteiger charge is 2.34. The van der Waals surface area contributed by atoms with Gasteiger partial charge in [0.15, 0.2) is 5.78 Å². The van der Waals surface area contributed by atoms with Crippen molar-refractivity contribution in [1.82, 2.24) is 0 Å². The van der Waals surface area contributed by atoms with Crippen LogP contribution in [0.1, 0.15) is 44.7 Å². The molecule has 0 bridgehead atoms. The minimum atomic E-state index is -0.279. The summed E-state index contributed by atoms with van der Waals surface area (Å²) in [5, 5.41) is 10.6. The van der Waals surface area contributed by atoms with E-state index in [1.165, 1.54) is 12.1 Å². The van der Waals surface area contributed by atoms with Gasteiger partial charge in [0.2, 0.25) is 0 Å². The van der Waals surface area contributed by atoms with Crippen molar-refractivity contribution in [3.8, 4) is 11.1 Å². The van der Waals surface area contributed by atoms with Crippen LogP contribution in [-0.2, 0) is 11.2 Å². The number of halogens is 1. The van der Waals surface area contributed by atoms with Crippen molar-refractivity contribution in [2.24, 2.45) is 5.41 Å². The van der Waals surface area contributed by atoms with Crippen molar-refractivity contribution in [3.05, 3.63) is 65.2 Å². The van der Waals surface area contributed by atoms with E-state index < -0.39 is 0 Å². The van der Waals surface area contributed by atoms with Crippen LogP contribution in [0.5, 0.6) is 0 Å². The second kappa shape index (κ2) is 6.47. The number of hydrogen-bond donors (Lipinski definition) is 1. The Morgan fingerprint density at radius 1 is 1.04 bits per heavy atom. The van der Waals surface area contributed by atoms with E-state index in [0.717, 1.165) is 28.7 Å². The number of aliphatic hydroxyl groups excluding tert-OH is 1. The summed E-state index contributed by atoms with van der Waals surface area (Å²) < 4.78 is 13.2. The number of Topliss-reactive ketones (excluding diaryl/α,β-unsaturated/α-hetero) is 1. The summed E-state index contributed by atoms with van der Waals surface area (Å²) in [6.07, 6.45) is 1.70. The van der Waals surface area contributed by atoms with Crippen LogP contribution in [0.15, 0.2) is 48.2 Å². The van der Waals surface area contributed by atoms with Gasteiger partial charge in [-0.25, -0.2) is 4.39 Å². The topological polar surface area (TPSA) is 37.3 Å². The van der Waals surface area contributed by atoms with Crippen LogP contribution in [0.4, 0.5) is 4.39 Å². The van der Waals surface area contributed by atoms with Crippen molar-refractivity contribution in [2.75, 3.05) is 0 Å². The molecule has 0 atom stereocenters. The predicted molar refractivity (Wildman–Crippen MR) is 98.8 cm³/mol. The zero-order chi connectivity index (χ0) is 18.2. The molecule has 2 nitrogen and oxygen atoms in total. The van der Waals surface area contributed by atoms with Crippen LogP contribution in [0.25, 0.3) is 16.7 Å². The minimum absolute atomic E-state index is 0.0142. The van der Waals surface area contributed by atoms with Crippen molar-refractivity contribution in [3.63, 3.8) is 0 Å². The number of aliphatic hydroxyl groups is 1. The van der Waals surface area contributed by atoms with E-state index >= 15 is 0 Å². The highest BCUT2D eigenvalue weighted by molar-refractivity contribution is 6.22. The van der Waals surface area contributed by atoms with Crippen LogP contribution < -0.4 is 0 Å². The number of carbonyl (C=O) groups is 1. The number of allylic oxidation sites excluding steroid dienone is 2. The Morgan fingerprint density at radius 2 is 1.68 bits per heavy atom. The fourth-order valence-electron chi connectivity index (χ4n) is 3.53. The lowest BCUT2D eigenvalue weighted by molar-refractivity contribution is -0.116. The first-order valence-corrected chi connectivity index (χ1v) is 8.65. The van der Waals surface area contributed by atoms with E-state index in [2.05, 4.69) is 0 Å². The van der Waals surface area contributed by atoms with E-state index in [0.29, 0.717) is 18.4 Å². The standard InChI is InChI=1S/C22H23FO2/c1-4-14-5-6-16(15-7-9-17(23)10-8-15)11-18(14)21-19(24)12-22(2,3)13-20(21)25/h5-11,24H,4,12-13H2,1-3H3. The van der Waals surface area contributed by atoms with Crippen molar-refractivity contribution in [1.29, 1.82) is 0 Å². The molecule has 0 fully saturated rings. The lowest BCUT2D eigenvalue weighted by atomic mass is 9.74. The van der Waals surface area contributed by atoms with Gasteiger partial charge in [-0.05, 0) is 52.3 Å². The van der Waals surface area contributed by atoms with Gasteiger partial charge >= 0.3 is 0 Å². The lowest BCUT2D eigenvalue weighted by Crippen LogP contribution is -2.25. The van der Waals surface area contributed by atoms with Gasteiger partial charge in [0, 0.05) is 12.8 Å². The monoisotopic (exact) mass is 338 g/mol. The summed E-state index contributed by atoms with van der Waals surface area (Å²) in [4.78, 5) is 12.7. The molecule has 0 radical (unpaired) electrons. The van der Waals surface area contributed by atoms with E-state index in [4.69, 9.17) is 0 Å². The molecule has 3 rings (SSSR count). The average Bonchev–Trinajstić information content (AvgIpc) is 2.53. The molecule has 2 aromatic carbocycles. The molecule has 2 aromatic rings. The molecule has 1 aliphatic rings. The molecule has 0 saturated heterocycles. The second-order valence-corrected chi connectivity index (χ2v) is 7.50. The first kappa shape index (κ1) is 17.4. The summed E-state index contributed by atoms with van der Waals surface area (Å²) in [6.45, 7) is 6.02. The Bertz CT molecular complexity index is 845. The molecule has 0 aromatic heterocycles. The molecule has 0 aliphatic heterocycles. The van der Waals surface area contributed by atoms with Crippen LogP contribution in [-0.4, -0.2) is 10.9 Å². The van der Waals surface area contributed by atoms with Gasteiger partial charge in [-0.15, -0.1) is 0 Å². The summed E-state index contributed by atoms with van der Waals surface area (Å²) in [5.41, 5.74) is 3.84. The normalized spacial score (nSPS) is 17.0. The Labute approximate surface area is 148 Å². The van der Waals surface area contributed by atoms with Gasteiger partial charge in [0.05, 0.1) is 5.57 Å². The summed E-state index contributed by atoms with van der Waals surface area (Å²) in [6, 6.07) is 12.2. The largest absolute Gasteiger partial charge is 0.512 e. The van der Waals surface area contributed by atoms with Gasteiger partial charge in [0.1, 0.15) is 11.6 Å². The Balaban J connectivity index is 2.13. The average molecular weight is 338 g/mol. The van der Waals surface area contributed by atoms with Crippen molar-refractivity contribution in [2.45, 2.75) is 40.0 Å². The van der Waals surface area contributed by atoms with E-state index in [1.807, 2.05) is 39.0 Å². The Kier molecular flexibility index (Phi) is 4.51. The molecule has 0 spiro atoms. The molecule has 0 unspecified atom stereocenters. The van der Waals surface area contributed by atoms with E-state index in [1.54, 1.807) is 12.1 Å². The van der Waals surface area contributed by atoms with Gasteiger partial charge in [-0.3, -0.25) is 4.79 Å². The smallest absolute Gasteiger partial charge is 0.167 e. The summed E-state index contributed by atoms with van der Waals surface area (Å²) in [7, 11) is 0. The molecule has 0 saturated carbocycles. The minimum Gasteiger partial charge on any atom is -0.512 e. The van der Waals surface area contributed by atoms with Crippen LogP contribution in [0, 0.1) is 11.2 Å². The number of rotatable bonds is 3. The molecule has 130 valence electrons. The van der Waals surface area contributed by atoms with Gasteiger partial charge in [-0.1, -0.05) is 45.0 Å². The third-order valence-electron chi connectivity index (χ3n) is 4.79. The van der Waals surface area contributed by atoms with Crippen molar-refractivity contribution >= 4 is 11.4 Å². The quantitative estimate of drug-likeness (QED) is 0.778. The van der Waals surface area contributed by atoms with Gasteiger partial charge < -0.3 is 5.11 Å². The van der Waals surface area contributed by atoms with Crippen LogP contribution in [0.2, 0.25) is 0 Å². The molecule has 25 heavy (non-hydrogen) atoms. The fraction of sp³-hybridized carbons (Fsp3) is 0.318. The Morgan fingerprint density at radius 3 is 2.28 bits per heavy atom.